The molecular formula is C16H18ClN3O2. The van der Waals surface area contributed by atoms with Gasteiger partial charge in [-0.05, 0) is 25.4 Å². The van der Waals surface area contributed by atoms with Crippen molar-refractivity contribution in [2.75, 3.05) is 31.2 Å². The Morgan fingerprint density at radius 1 is 1.27 bits per heavy atom. The molecule has 0 aliphatic carbocycles. The zero-order valence-electron chi connectivity index (χ0n) is 12.7. The molecule has 6 heteroatoms. The van der Waals surface area contributed by atoms with Gasteiger partial charge in [-0.25, -0.2) is 4.98 Å². The molecule has 0 saturated carbocycles. The number of morpholine rings is 1. The van der Waals surface area contributed by atoms with E-state index >= 15 is 0 Å². The van der Waals surface area contributed by atoms with Crippen LogP contribution in [-0.4, -0.2) is 36.3 Å². The molecule has 22 heavy (non-hydrogen) atoms. The van der Waals surface area contributed by atoms with Crippen LogP contribution in [0.15, 0.2) is 28.7 Å². The van der Waals surface area contributed by atoms with Crippen LogP contribution in [0.25, 0.3) is 16.7 Å². The third kappa shape index (κ3) is 2.87. The summed E-state index contributed by atoms with van der Waals surface area (Å²) in [5.41, 5.74) is 2.40. The Morgan fingerprint density at radius 2 is 2.05 bits per heavy atom. The Labute approximate surface area is 134 Å². The third-order valence-corrected chi connectivity index (χ3v) is 3.75. The second-order valence-corrected chi connectivity index (χ2v) is 5.32. The number of aromatic nitrogens is 2. The summed E-state index contributed by atoms with van der Waals surface area (Å²) in [5, 5.41) is 0.231. The molecule has 1 fully saturated rings. The van der Waals surface area contributed by atoms with Crippen molar-refractivity contribution in [2.45, 2.75) is 13.8 Å². The molecule has 5 nitrogen and oxygen atoms in total. The predicted octanol–water partition coefficient (Wildman–Crippen LogP) is 3.69. The number of ether oxygens (including phenoxy) is 1. The smallest absolute Gasteiger partial charge is 0.225 e. The summed E-state index contributed by atoms with van der Waals surface area (Å²) in [6.07, 6.45) is 5.98. The molecule has 0 aromatic carbocycles. The van der Waals surface area contributed by atoms with Crippen molar-refractivity contribution < 1.29 is 9.15 Å². The summed E-state index contributed by atoms with van der Waals surface area (Å²) in [7, 11) is 0. The van der Waals surface area contributed by atoms with Crippen molar-refractivity contribution in [3.63, 3.8) is 0 Å². The maximum Gasteiger partial charge on any atom is 0.225 e. The van der Waals surface area contributed by atoms with Crippen molar-refractivity contribution in [3.05, 3.63) is 35.3 Å². The van der Waals surface area contributed by atoms with Crippen LogP contribution in [0.5, 0.6) is 0 Å². The first-order chi connectivity index (χ1) is 10.7. The van der Waals surface area contributed by atoms with Gasteiger partial charge in [0.05, 0.1) is 13.2 Å². The molecule has 2 aromatic rings. The first-order valence-electron chi connectivity index (χ1n) is 7.32. The van der Waals surface area contributed by atoms with E-state index < -0.39 is 0 Å². The van der Waals surface area contributed by atoms with Crippen LogP contribution in [-0.2, 0) is 4.74 Å². The number of halogens is 1. The maximum absolute atomic E-state index is 6.08. The minimum atomic E-state index is 0.231. The second-order valence-electron chi connectivity index (χ2n) is 4.98. The molecule has 0 unspecified atom stereocenters. The van der Waals surface area contributed by atoms with Gasteiger partial charge in [-0.2, -0.15) is 4.98 Å². The Balaban J connectivity index is 2.10. The van der Waals surface area contributed by atoms with Gasteiger partial charge in [0.15, 0.2) is 11.4 Å². The highest BCUT2D eigenvalue weighted by Crippen LogP contribution is 2.31. The predicted molar refractivity (Wildman–Crippen MR) is 88.3 cm³/mol. The number of fused-ring (bicyclic) bond motifs is 1. The average Bonchev–Trinajstić information content (AvgIpc) is 2.96. The van der Waals surface area contributed by atoms with Gasteiger partial charge in [0.1, 0.15) is 11.3 Å². The molecule has 2 aromatic heterocycles. The summed E-state index contributed by atoms with van der Waals surface area (Å²) in [4.78, 5) is 10.8. The van der Waals surface area contributed by atoms with Crippen LogP contribution < -0.4 is 4.90 Å². The number of allylic oxidation sites excluding steroid dienone is 4. The van der Waals surface area contributed by atoms with Gasteiger partial charge in [-0.3, -0.25) is 0 Å². The van der Waals surface area contributed by atoms with Gasteiger partial charge in [0, 0.05) is 24.7 Å². The van der Waals surface area contributed by atoms with E-state index in [1.807, 2.05) is 38.1 Å². The van der Waals surface area contributed by atoms with Gasteiger partial charge < -0.3 is 14.1 Å². The van der Waals surface area contributed by atoms with Gasteiger partial charge >= 0.3 is 0 Å². The minimum absolute atomic E-state index is 0.231. The van der Waals surface area contributed by atoms with Crippen molar-refractivity contribution >= 4 is 34.1 Å². The van der Waals surface area contributed by atoms with Crippen molar-refractivity contribution in [1.82, 2.24) is 9.97 Å². The van der Waals surface area contributed by atoms with E-state index in [0.717, 1.165) is 35.8 Å². The molecule has 3 heterocycles. The van der Waals surface area contributed by atoms with E-state index in [1.54, 1.807) is 0 Å². The molecule has 116 valence electrons. The summed E-state index contributed by atoms with van der Waals surface area (Å²) in [6.45, 7) is 6.84. The molecule has 0 amide bonds. The fourth-order valence-corrected chi connectivity index (χ4v) is 2.69. The van der Waals surface area contributed by atoms with Crippen LogP contribution in [0.2, 0.25) is 5.28 Å². The monoisotopic (exact) mass is 319 g/mol. The molecule has 0 spiro atoms. The van der Waals surface area contributed by atoms with Crippen molar-refractivity contribution in [3.8, 4) is 0 Å². The standard InChI is InChI=1S/C16H18ClN3O2/c1-3-5-11(4-2)13-10-12-14(22-13)15(19-16(17)18-12)20-6-8-21-9-7-20/h3-5,10H,6-9H2,1-2H3/b5-3-,11-4+. The fourth-order valence-electron chi connectivity index (χ4n) is 2.52. The molecule has 1 saturated heterocycles. The summed E-state index contributed by atoms with van der Waals surface area (Å²) in [5.74, 6) is 1.50. The lowest BCUT2D eigenvalue weighted by atomic mass is 10.2. The Bertz CT molecular complexity index is 730. The van der Waals surface area contributed by atoms with E-state index in [1.165, 1.54) is 0 Å². The first kappa shape index (κ1) is 15.1. The van der Waals surface area contributed by atoms with Crippen LogP contribution >= 0.6 is 11.6 Å². The van der Waals surface area contributed by atoms with E-state index in [9.17, 15) is 0 Å². The van der Waals surface area contributed by atoms with E-state index in [4.69, 9.17) is 20.8 Å². The van der Waals surface area contributed by atoms with E-state index in [-0.39, 0.29) is 5.28 Å². The molecule has 1 aliphatic heterocycles. The third-order valence-electron chi connectivity index (χ3n) is 3.58. The van der Waals surface area contributed by atoms with Crippen LogP contribution in [0.1, 0.15) is 19.6 Å². The van der Waals surface area contributed by atoms with Gasteiger partial charge in [0.25, 0.3) is 0 Å². The highest BCUT2D eigenvalue weighted by molar-refractivity contribution is 6.28. The number of hydrogen-bond acceptors (Lipinski definition) is 5. The van der Waals surface area contributed by atoms with Crippen molar-refractivity contribution in [1.29, 1.82) is 0 Å². The number of nitrogens with zero attached hydrogens (tertiary/aromatic N) is 3. The van der Waals surface area contributed by atoms with E-state index in [2.05, 4.69) is 14.9 Å². The fraction of sp³-hybridized carbons (Fsp3) is 0.375. The quantitative estimate of drug-likeness (QED) is 0.638. The number of rotatable bonds is 3. The molecule has 0 N–H and O–H groups in total. The van der Waals surface area contributed by atoms with Crippen LogP contribution in [0.3, 0.4) is 0 Å². The number of anilines is 1. The lowest BCUT2D eigenvalue weighted by molar-refractivity contribution is 0.122. The topological polar surface area (TPSA) is 51.4 Å². The maximum atomic E-state index is 6.08. The van der Waals surface area contributed by atoms with Crippen LogP contribution in [0.4, 0.5) is 5.82 Å². The molecule has 1 aliphatic rings. The lowest BCUT2D eigenvalue weighted by Crippen LogP contribution is -2.36. The highest BCUT2D eigenvalue weighted by Gasteiger charge is 2.20. The Kier molecular flexibility index (Phi) is 4.45. The zero-order chi connectivity index (χ0) is 15.5. The normalized spacial score (nSPS) is 16.9. The summed E-state index contributed by atoms with van der Waals surface area (Å²) < 4.78 is 11.4. The number of furan rings is 1. The molecule has 0 radical (unpaired) electrons. The Morgan fingerprint density at radius 3 is 2.73 bits per heavy atom. The largest absolute Gasteiger partial charge is 0.450 e. The first-order valence-corrected chi connectivity index (χ1v) is 7.70. The van der Waals surface area contributed by atoms with Crippen molar-refractivity contribution in [2.24, 2.45) is 0 Å². The molecular weight excluding hydrogens is 302 g/mol. The van der Waals surface area contributed by atoms with E-state index in [0.29, 0.717) is 18.8 Å². The van der Waals surface area contributed by atoms with Crippen LogP contribution in [0, 0.1) is 0 Å². The molecule has 0 atom stereocenters. The highest BCUT2D eigenvalue weighted by atomic mass is 35.5. The summed E-state index contributed by atoms with van der Waals surface area (Å²) >= 11 is 6.08. The second kappa shape index (κ2) is 6.50. The van der Waals surface area contributed by atoms with Gasteiger partial charge in [0.2, 0.25) is 5.28 Å². The molecule has 3 rings (SSSR count). The minimum Gasteiger partial charge on any atom is -0.450 e. The van der Waals surface area contributed by atoms with Gasteiger partial charge in [-0.1, -0.05) is 18.2 Å². The zero-order valence-corrected chi connectivity index (χ0v) is 13.4. The number of hydrogen-bond donors (Lipinski definition) is 0. The average molecular weight is 320 g/mol. The lowest BCUT2D eigenvalue weighted by Gasteiger charge is -2.27. The summed E-state index contributed by atoms with van der Waals surface area (Å²) in [6, 6.07) is 1.90. The molecule has 0 bridgehead atoms. The Hall–Kier alpha value is -1.85. The SMILES string of the molecule is C/C=C\C(=C/C)c1cc2nc(Cl)nc(N3CCOCC3)c2o1. The van der Waals surface area contributed by atoms with Gasteiger partial charge in [-0.15, -0.1) is 0 Å².